The first-order chi connectivity index (χ1) is 7.74. The van der Waals surface area contributed by atoms with Crippen molar-refractivity contribution in [1.29, 1.82) is 0 Å². The van der Waals surface area contributed by atoms with Crippen LogP contribution in [0.1, 0.15) is 50.9 Å². The summed E-state index contributed by atoms with van der Waals surface area (Å²) in [6.45, 7) is 6.63. The van der Waals surface area contributed by atoms with E-state index in [1.54, 1.807) is 0 Å². The molecular weight excluding hydrogens is 196 g/mol. The van der Waals surface area contributed by atoms with Crippen LogP contribution in [0.15, 0.2) is 18.2 Å². The molecule has 0 radical (unpaired) electrons. The molecular formula is C14H20N2. The topological polar surface area (TPSA) is 28.7 Å². The van der Waals surface area contributed by atoms with Crippen molar-refractivity contribution in [1.82, 2.24) is 9.97 Å². The lowest BCUT2D eigenvalue weighted by atomic mass is 10.1. The van der Waals surface area contributed by atoms with Crippen LogP contribution in [0, 0.1) is 0 Å². The second-order valence-corrected chi connectivity index (χ2v) is 4.52. The number of fused-ring (bicyclic) bond motifs is 1. The summed E-state index contributed by atoms with van der Waals surface area (Å²) in [6.07, 6.45) is 3.48. The second kappa shape index (κ2) is 4.69. The Bertz CT molecular complexity index is 471. The summed E-state index contributed by atoms with van der Waals surface area (Å²) in [5, 5.41) is 0. The second-order valence-electron chi connectivity index (χ2n) is 4.52. The van der Waals surface area contributed by atoms with Gasteiger partial charge in [0.15, 0.2) is 0 Å². The third-order valence-corrected chi connectivity index (χ3v) is 3.16. The lowest BCUT2D eigenvalue weighted by Gasteiger charge is -2.04. The highest BCUT2D eigenvalue weighted by atomic mass is 14.9. The predicted molar refractivity (Wildman–Crippen MR) is 68.8 cm³/mol. The number of aryl methyl sites for hydroxylation is 1. The molecule has 2 aromatic rings. The quantitative estimate of drug-likeness (QED) is 0.821. The van der Waals surface area contributed by atoms with Gasteiger partial charge in [0.2, 0.25) is 0 Å². The number of rotatable bonds is 4. The van der Waals surface area contributed by atoms with E-state index < -0.39 is 0 Å². The molecule has 2 rings (SSSR count). The summed E-state index contributed by atoms with van der Waals surface area (Å²) in [6, 6.07) is 6.49. The molecule has 1 N–H and O–H groups in total. The van der Waals surface area contributed by atoms with E-state index >= 15 is 0 Å². The minimum atomic E-state index is 0.530. The van der Waals surface area contributed by atoms with Crippen molar-refractivity contribution in [2.24, 2.45) is 0 Å². The van der Waals surface area contributed by atoms with Crippen LogP contribution in [0.5, 0.6) is 0 Å². The van der Waals surface area contributed by atoms with Crippen LogP contribution in [0.4, 0.5) is 0 Å². The molecule has 1 aromatic carbocycles. The lowest BCUT2D eigenvalue weighted by molar-refractivity contribution is 0.636. The van der Waals surface area contributed by atoms with Gasteiger partial charge in [-0.1, -0.05) is 33.3 Å². The normalized spacial score (nSPS) is 13.2. The summed E-state index contributed by atoms with van der Waals surface area (Å²) in [5.74, 6) is 1.66. The Morgan fingerprint density at radius 3 is 2.81 bits per heavy atom. The van der Waals surface area contributed by atoms with Crippen LogP contribution < -0.4 is 0 Å². The van der Waals surface area contributed by atoms with E-state index in [9.17, 15) is 0 Å². The van der Waals surface area contributed by atoms with Gasteiger partial charge in [0, 0.05) is 5.92 Å². The molecule has 0 saturated heterocycles. The Morgan fingerprint density at radius 1 is 1.31 bits per heavy atom. The van der Waals surface area contributed by atoms with Gasteiger partial charge < -0.3 is 4.98 Å². The molecule has 86 valence electrons. The Balaban J connectivity index is 2.35. The largest absolute Gasteiger partial charge is 0.342 e. The fourth-order valence-electron chi connectivity index (χ4n) is 2.10. The number of hydrogen-bond acceptors (Lipinski definition) is 1. The lowest BCUT2D eigenvalue weighted by Crippen LogP contribution is -1.94. The highest BCUT2D eigenvalue weighted by molar-refractivity contribution is 5.76. The van der Waals surface area contributed by atoms with Crippen LogP contribution in [0.3, 0.4) is 0 Å². The van der Waals surface area contributed by atoms with Gasteiger partial charge in [-0.15, -0.1) is 0 Å². The molecule has 2 heteroatoms. The molecule has 0 amide bonds. The molecule has 0 fully saturated rings. The Morgan fingerprint density at radius 2 is 2.12 bits per heavy atom. The monoisotopic (exact) mass is 216 g/mol. The number of benzene rings is 1. The van der Waals surface area contributed by atoms with Crippen molar-refractivity contribution in [3.8, 4) is 0 Å². The first-order valence-electron chi connectivity index (χ1n) is 6.23. The first kappa shape index (κ1) is 11.2. The van der Waals surface area contributed by atoms with Crippen molar-refractivity contribution in [3.63, 3.8) is 0 Å². The van der Waals surface area contributed by atoms with Crippen LogP contribution in [-0.4, -0.2) is 9.97 Å². The number of hydrogen-bond donors (Lipinski definition) is 1. The molecule has 0 bridgehead atoms. The fourth-order valence-corrected chi connectivity index (χ4v) is 2.10. The van der Waals surface area contributed by atoms with Crippen molar-refractivity contribution in [2.75, 3.05) is 0 Å². The van der Waals surface area contributed by atoms with Crippen molar-refractivity contribution in [2.45, 2.75) is 46.0 Å². The minimum absolute atomic E-state index is 0.530. The zero-order valence-corrected chi connectivity index (χ0v) is 10.4. The summed E-state index contributed by atoms with van der Waals surface area (Å²) in [4.78, 5) is 8.09. The highest BCUT2D eigenvalue weighted by Crippen LogP contribution is 2.21. The molecule has 0 spiro atoms. The highest BCUT2D eigenvalue weighted by Gasteiger charge is 2.09. The van der Waals surface area contributed by atoms with Gasteiger partial charge in [-0.05, 0) is 30.5 Å². The van der Waals surface area contributed by atoms with E-state index in [1.165, 1.54) is 23.9 Å². The van der Waals surface area contributed by atoms with E-state index in [2.05, 4.69) is 48.9 Å². The number of nitrogens with one attached hydrogen (secondary N) is 1. The molecule has 0 saturated carbocycles. The number of aromatic nitrogens is 2. The maximum atomic E-state index is 4.65. The maximum absolute atomic E-state index is 4.65. The Labute approximate surface area is 97.1 Å². The summed E-state index contributed by atoms with van der Waals surface area (Å²) < 4.78 is 0. The van der Waals surface area contributed by atoms with E-state index in [-0.39, 0.29) is 0 Å². The van der Waals surface area contributed by atoms with Gasteiger partial charge in [0.05, 0.1) is 11.0 Å². The number of aromatic amines is 1. The Kier molecular flexibility index (Phi) is 3.28. The maximum Gasteiger partial charge on any atom is 0.110 e. The summed E-state index contributed by atoms with van der Waals surface area (Å²) in [5.41, 5.74) is 3.64. The molecule has 1 unspecified atom stereocenters. The number of H-pyrrole nitrogens is 1. The van der Waals surface area contributed by atoms with E-state index in [1.807, 2.05) is 0 Å². The molecule has 1 aromatic heterocycles. The van der Waals surface area contributed by atoms with Gasteiger partial charge in [0.1, 0.15) is 5.82 Å². The third-order valence-electron chi connectivity index (χ3n) is 3.16. The molecule has 0 aliphatic rings. The van der Waals surface area contributed by atoms with Gasteiger partial charge in [0.25, 0.3) is 0 Å². The summed E-state index contributed by atoms with van der Waals surface area (Å²) >= 11 is 0. The zero-order valence-electron chi connectivity index (χ0n) is 10.4. The van der Waals surface area contributed by atoms with Crippen LogP contribution in [-0.2, 0) is 6.42 Å². The average molecular weight is 216 g/mol. The standard InChI is InChI=1S/C14H20N2/c1-4-6-10(3)14-15-12-8-7-11(5-2)9-13(12)16-14/h7-10H,4-6H2,1-3H3,(H,15,16). The van der Waals surface area contributed by atoms with Crippen LogP contribution >= 0.6 is 0 Å². The molecule has 1 heterocycles. The Hall–Kier alpha value is -1.31. The first-order valence-corrected chi connectivity index (χ1v) is 6.23. The predicted octanol–water partition coefficient (Wildman–Crippen LogP) is 4.03. The number of imidazole rings is 1. The average Bonchev–Trinajstić information content (AvgIpc) is 2.71. The van der Waals surface area contributed by atoms with E-state index in [0.717, 1.165) is 17.8 Å². The van der Waals surface area contributed by atoms with E-state index in [4.69, 9.17) is 0 Å². The third kappa shape index (κ3) is 2.11. The smallest absolute Gasteiger partial charge is 0.110 e. The zero-order chi connectivity index (χ0) is 11.5. The van der Waals surface area contributed by atoms with Crippen molar-refractivity contribution in [3.05, 3.63) is 29.6 Å². The van der Waals surface area contributed by atoms with Gasteiger partial charge in [-0.2, -0.15) is 0 Å². The molecule has 0 aliphatic carbocycles. The molecule has 0 aliphatic heterocycles. The van der Waals surface area contributed by atoms with Gasteiger partial charge in [-0.3, -0.25) is 0 Å². The SMILES string of the molecule is CCCC(C)c1nc2ccc(CC)cc2[nH]1. The molecule has 2 nitrogen and oxygen atoms in total. The van der Waals surface area contributed by atoms with Crippen LogP contribution in [0.2, 0.25) is 0 Å². The van der Waals surface area contributed by atoms with Crippen LogP contribution in [0.25, 0.3) is 11.0 Å². The van der Waals surface area contributed by atoms with Gasteiger partial charge in [-0.25, -0.2) is 4.98 Å². The molecule has 16 heavy (non-hydrogen) atoms. The van der Waals surface area contributed by atoms with Crippen molar-refractivity contribution < 1.29 is 0 Å². The molecule has 1 atom stereocenters. The van der Waals surface area contributed by atoms with Gasteiger partial charge >= 0.3 is 0 Å². The van der Waals surface area contributed by atoms with E-state index in [0.29, 0.717) is 5.92 Å². The van der Waals surface area contributed by atoms with Crippen molar-refractivity contribution >= 4 is 11.0 Å². The minimum Gasteiger partial charge on any atom is -0.342 e. The summed E-state index contributed by atoms with van der Waals surface area (Å²) in [7, 11) is 0. The number of nitrogens with zero attached hydrogens (tertiary/aromatic N) is 1. The fraction of sp³-hybridized carbons (Fsp3) is 0.500.